The highest BCUT2D eigenvalue weighted by Crippen LogP contribution is 2.36. The average Bonchev–Trinajstić information content (AvgIpc) is 3.16. The van der Waals surface area contributed by atoms with E-state index in [0.29, 0.717) is 5.52 Å². The third-order valence-corrected chi connectivity index (χ3v) is 4.45. The lowest BCUT2D eigenvalue weighted by molar-refractivity contribution is 0.280. The fourth-order valence-electron chi connectivity index (χ4n) is 2.99. The number of ether oxygens (including phenoxy) is 2. The van der Waals surface area contributed by atoms with Crippen LogP contribution in [0.4, 0.5) is 13.2 Å². The van der Waals surface area contributed by atoms with E-state index in [-0.39, 0.29) is 36.0 Å². The molecule has 0 aliphatic heterocycles. The zero-order valence-corrected chi connectivity index (χ0v) is 16.1. The van der Waals surface area contributed by atoms with Gasteiger partial charge in [-0.25, -0.2) is 18.0 Å². The second kappa shape index (κ2) is 8.35. The Kier molecular flexibility index (Phi) is 5.43. The van der Waals surface area contributed by atoms with Gasteiger partial charge in [-0.2, -0.15) is 5.26 Å². The van der Waals surface area contributed by atoms with Crippen molar-refractivity contribution in [1.29, 1.82) is 5.26 Å². The summed E-state index contributed by atoms with van der Waals surface area (Å²) in [4.78, 5) is 24.9. The van der Waals surface area contributed by atoms with Gasteiger partial charge in [0.15, 0.2) is 28.9 Å². The molecule has 162 valence electrons. The topological polar surface area (TPSA) is 102 Å². The van der Waals surface area contributed by atoms with Crippen LogP contribution < -0.4 is 20.7 Å². The molecule has 4 rings (SSSR count). The van der Waals surface area contributed by atoms with Gasteiger partial charge in [0.05, 0.1) is 17.6 Å². The van der Waals surface area contributed by atoms with Crippen LogP contribution in [0.1, 0.15) is 5.56 Å². The van der Waals surface area contributed by atoms with E-state index in [1.165, 1.54) is 22.9 Å². The first-order valence-electron chi connectivity index (χ1n) is 9.15. The molecule has 0 saturated carbocycles. The molecule has 3 aromatic heterocycles. The molecule has 0 aliphatic rings. The lowest BCUT2D eigenvalue weighted by atomic mass is 10.3. The number of nitrogens with one attached hydrogen (secondary N) is 1. The molecule has 0 radical (unpaired) electrons. The van der Waals surface area contributed by atoms with Crippen LogP contribution in [0.25, 0.3) is 5.52 Å². The zero-order chi connectivity index (χ0) is 22.8. The smallest absolute Gasteiger partial charge is 0.328 e. The van der Waals surface area contributed by atoms with Crippen LogP contribution in [0.15, 0.2) is 58.5 Å². The summed E-state index contributed by atoms with van der Waals surface area (Å²) in [6.07, 6.45) is 3.78. The summed E-state index contributed by atoms with van der Waals surface area (Å²) in [6.45, 7) is -0.169. The minimum atomic E-state index is -1.22. The van der Waals surface area contributed by atoms with E-state index >= 15 is 0 Å². The molecule has 0 atom stereocenters. The van der Waals surface area contributed by atoms with Crippen LogP contribution in [0.3, 0.4) is 0 Å². The van der Waals surface area contributed by atoms with Crippen LogP contribution in [-0.2, 0) is 6.54 Å². The standard InChI is InChI=1S/C21H13F3N4O4/c22-13-6-17(16-5-12(9-25)10-28(16)11-13)32-19-8-15(24)14(23)7-18(19)31-4-3-27-2-1-20(29)26-21(27)30/h1-2,5-8,10-11H,3-4H2,(H,26,29,30). The summed E-state index contributed by atoms with van der Waals surface area (Å²) < 4.78 is 55.3. The van der Waals surface area contributed by atoms with Crippen molar-refractivity contribution in [3.63, 3.8) is 0 Å². The van der Waals surface area contributed by atoms with Crippen molar-refractivity contribution in [3.05, 3.63) is 92.8 Å². The van der Waals surface area contributed by atoms with Crippen molar-refractivity contribution in [2.45, 2.75) is 6.54 Å². The Hall–Kier alpha value is -4.46. The molecule has 0 aliphatic carbocycles. The molecule has 0 fully saturated rings. The van der Waals surface area contributed by atoms with Gasteiger partial charge in [0, 0.05) is 42.9 Å². The molecule has 8 nitrogen and oxygen atoms in total. The fourth-order valence-corrected chi connectivity index (χ4v) is 2.99. The first-order chi connectivity index (χ1) is 15.3. The summed E-state index contributed by atoms with van der Waals surface area (Å²) >= 11 is 0. The minimum Gasteiger partial charge on any atom is -0.488 e. The van der Waals surface area contributed by atoms with E-state index in [2.05, 4.69) is 4.98 Å². The van der Waals surface area contributed by atoms with E-state index in [4.69, 9.17) is 14.7 Å². The number of aromatic amines is 1. The Balaban J connectivity index is 1.63. The molecule has 1 N–H and O–H groups in total. The molecule has 4 aromatic rings. The van der Waals surface area contributed by atoms with Gasteiger partial charge in [-0.3, -0.25) is 14.3 Å². The first kappa shape index (κ1) is 20.8. The number of H-pyrrole nitrogens is 1. The van der Waals surface area contributed by atoms with E-state index in [9.17, 15) is 22.8 Å². The first-order valence-corrected chi connectivity index (χ1v) is 9.15. The minimum absolute atomic E-state index is 0.0114. The fraction of sp³-hybridized carbons (Fsp3) is 0.0952. The molecule has 11 heteroatoms. The number of hydrogen-bond donors (Lipinski definition) is 1. The average molecular weight is 442 g/mol. The molecule has 0 amide bonds. The lowest BCUT2D eigenvalue weighted by Crippen LogP contribution is -2.30. The van der Waals surface area contributed by atoms with Crippen molar-refractivity contribution in [3.8, 4) is 23.3 Å². The molecular weight excluding hydrogens is 429 g/mol. The number of benzene rings is 1. The van der Waals surface area contributed by atoms with Gasteiger partial charge >= 0.3 is 5.69 Å². The van der Waals surface area contributed by atoms with E-state index in [1.54, 1.807) is 0 Å². The molecule has 3 heterocycles. The highest BCUT2D eigenvalue weighted by atomic mass is 19.2. The summed E-state index contributed by atoms with van der Waals surface area (Å²) in [5, 5.41) is 9.07. The summed E-state index contributed by atoms with van der Waals surface area (Å²) in [6, 6.07) is 7.05. The van der Waals surface area contributed by atoms with Gasteiger partial charge < -0.3 is 13.9 Å². The van der Waals surface area contributed by atoms with Crippen molar-refractivity contribution < 1.29 is 22.6 Å². The van der Waals surface area contributed by atoms with Gasteiger partial charge in [0.1, 0.15) is 18.5 Å². The van der Waals surface area contributed by atoms with Crippen LogP contribution in [0.2, 0.25) is 0 Å². The van der Waals surface area contributed by atoms with E-state index < -0.39 is 28.7 Å². The second-order valence-corrected chi connectivity index (χ2v) is 6.62. The monoisotopic (exact) mass is 442 g/mol. The molecule has 0 bridgehead atoms. The Labute approximate surface area is 177 Å². The van der Waals surface area contributed by atoms with Gasteiger partial charge in [-0.05, 0) is 6.07 Å². The van der Waals surface area contributed by atoms with Crippen LogP contribution in [-0.4, -0.2) is 20.6 Å². The predicted octanol–water partition coefficient (Wildman–Crippen LogP) is 2.95. The van der Waals surface area contributed by atoms with Crippen molar-refractivity contribution >= 4 is 5.52 Å². The molecular formula is C21H13F3N4O4. The Morgan fingerprint density at radius 3 is 2.47 bits per heavy atom. The lowest BCUT2D eigenvalue weighted by Gasteiger charge is -2.14. The number of hydrogen-bond acceptors (Lipinski definition) is 5. The van der Waals surface area contributed by atoms with E-state index in [0.717, 1.165) is 35.0 Å². The largest absolute Gasteiger partial charge is 0.488 e. The van der Waals surface area contributed by atoms with Crippen molar-refractivity contribution in [2.24, 2.45) is 0 Å². The predicted molar refractivity (Wildman–Crippen MR) is 105 cm³/mol. The Morgan fingerprint density at radius 1 is 1.00 bits per heavy atom. The number of aromatic nitrogens is 3. The van der Waals surface area contributed by atoms with Crippen molar-refractivity contribution in [2.75, 3.05) is 6.61 Å². The Bertz CT molecular complexity index is 1480. The molecule has 1 aromatic carbocycles. The van der Waals surface area contributed by atoms with Gasteiger partial charge in [-0.15, -0.1) is 0 Å². The SMILES string of the molecule is N#Cc1cc2c(Oc3cc(F)c(F)cc3OCCn3ccc(=O)[nH]c3=O)cc(F)cn2c1. The summed E-state index contributed by atoms with van der Waals surface area (Å²) in [7, 11) is 0. The zero-order valence-electron chi connectivity index (χ0n) is 16.1. The Morgan fingerprint density at radius 2 is 1.75 bits per heavy atom. The number of nitriles is 1. The van der Waals surface area contributed by atoms with Crippen LogP contribution in [0.5, 0.6) is 17.2 Å². The highest BCUT2D eigenvalue weighted by Gasteiger charge is 2.16. The second-order valence-electron chi connectivity index (χ2n) is 6.62. The van der Waals surface area contributed by atoms with Crippen LogP contribution >= 0.6 is 0 Å². The molecule has 0 saturated heterocycles. The number of nitrogens with zero attached hydrogens (tertiary/aromatic N) is 3. The summed E-state index contributed by atoms with van der Waals surface area (Å²) in [5.41, 5.74) is -0.659. The maximum absolute atomic E-state index is 14.0. The normalized spacial score (nSPS) is 10.8. The van der Waals surface area contributed by atoms with Gasteiger partial charge in [0.25, 0.3) is 5.56 Å². The van der Waals surface area contributed by atoms with Crippen LogP contribution in [0, 0.1) is 28.8 Å². The number of halogens is 3. The maximum Gasteiger partial charge on any atom is 0.328 e. The molecule has 0 unspecified atom stereocenters. The van der Waals surface area contributed by atoms with Gasteiger partial charge in [0.2, 0.25) is 0 Å². The maximum atomic E-state index is 14.0. The third-order valence-electron chi connectivity index (χ3n) is 4.45. The number of fused-ring (bicyclic) bond motifs is 1. The van der Waals surface area contributed by atoms with Crippen molar-refractivity contribution in [1.82, 2.24) is 14.0 Å². The molecule has 0 spiro atoms. The number of pyridine rings is 1. The number of rotatable bonds is 6. The quantitative estimate of drug-likeness (QED) is 0.495. The highest BCUT2D eigenvalue weighted by molar-refractivity contribution is 5.65. The third kappa shape index (κ3) is 4.20. The molecule has 32 heavy (non-hydrogen) atoms. The summed E-state index contributed by atoms with van der Waals surface area (Å²) in [5.74, 6) is -3.60. The van der Waals surface area contributed by atoms with E-state index in [1.807, 2.05) is 6.07 Å². The van der Waals surface area contributed by atoms with Gasteiger partial charge in [-0.1, -0.05) is 0 Å².